The molecule has 1 unspecified atom stereocenters. The number of carbonyl (C=O) groups is 1. The van der Waals surface area contributed by atoms with Gasteiger partial charge in [0.2, 0.25) is 5.91 Å². The van der Waals surface area contributed by atoms with Crippen molar-refractivity contribution in [3.63, 3.8) is 0 Å². The lowest BCUT2D eigenvalue weighted by atomic mass is 10.0. The molecule has 0 spiro atoms. The molecule has 0 heterocycles. The number of phenolic OH excluding ortho intramolecular Hbond substituents is 1. The molecule has 6 heteroatoms. The third kappa shape index (κ3) is 3.42. The van der Waals surface area contributed by atoms with Crippen LogP contribution in [0.5, 0.6) is 11.5 Å². The van der Waals surface area contributed by atoms with Crippen LogP contribution in [0.4, 0.5) is 10.1 Å². The van der Waals surface area contributed by atoms with E-state index in [-0.39, 0.29) is 11.3 Å². The van der Waals surface area contributed by atoms with Crippen LogP contribution in [0.2, 0.25) is 0 Å². The molecule has 0 aliphatic rings. The molecule has 5 nitrogen and oxygen atoms in total. The second-order valence-corrected chi connectivity index (χ2v) is 4.41. The second kappa shape index (κ2) is 6.13. The van der Waals surface area contributed by atoms with Crippen molar-refractivity contribution in [1.82, 2.24) is 0 Å². The van der Waals surface area contributed by atoms with Crippen molar-refractivity contribution in [2.75, 3.05) is 12.4 Å². The fraction of sp³-hybridized carbons (Fsp3) is 0.133. The van der Waals surface area contributed by atoms with Crippen molar-refractivity contribution in [2.24, 2.45) is 5.73 Å². The van der Waals surface area contributed by atoms with Crippen LogP contribution >= 0.6 is 0 Å². The highest BCUT2D eigenvalue weighted by molar-refractivity contribution is 5.85. The Bertz CT molecular complexity index is 644. The molecule has 4 N–H and O–H groups in total. The van der Waals surface area contributed by atoms with Gasteiger partial charge in [-0.1, -0.05) is 0 Å². The number of primary amides is 1. The summed E-state index contributed by atoms with van der Waals surface area (Å²) in [6, 6.07) is 9.07. The van der Waals surface area contributed by atoms with Crippen molar-refractivity contribution in [3.05, 3.63) is 53.8 Å². The van der Waals surface area contributed by atoms with Gasteiger partial charge in [-0.15, -0.1) is 0 Å². The Labute approximate surface area is 121 Å². The van der Waals surface area contributed by atoms with Gasteiger partial charge >= 0.3 is 0 Å². The fourth-order valence-corrected chi connectivity index (χ4v) is 1.91. The number of halogens is 1. The molecule has 0 fully saturated rings. The average Bonchev–Trinajstić information content (AvgIpc) is 2.48. The molecule has 0 aliphatic carbocycles. The van der Waals surface area contributed by atoms with E-state index in [1.165, 1.54) is 6.07 Å². The first-order valence-corrected chi connectivity index (χ1v) is 6.19. The highest BCUT2D eigenvalue weighted by Gasteiger charge is 2.21. The number of aromatic hydroxyl groups is 1. The average molecular weight is 290 g/mol. The maximum absolute atomic E-state index is 13.3. The minimum absolute atomic E-state index is 0.0818. The predicted molar refractivity (Wildman–Crippen MR) is 76.6 cm³/mol. The highest BCUT2D eigenvalue weighted by atomic mass is 19.1. The van der Waals surface area contributed by atoms with Gasteiger partial charge in [0.25, 0.3) is 0 Å². The number of hydrogen-bond acceptors (Lipinski definition) is 4. The first-order chi connectivity index (χ1) is 10.0. The summed E-state index contributed by atoms with van der Waals surface area (Å²) in [5, 5.41) is 12.6. The van der Waals surface area contributed by atoms with Crippen molar-refractivity contribution in [2.45, 2.75) is 6.04 Å². The van der Waals surface area contributed by atoms with Gasteiger partial charge in [-0.25, -0.2) is 4.39 Å². The molecule has 1 atom stereocenters. The van der Waals surface area contributed by atoms with Gasteiger partial charge < -0.3 is 20.9 Å². The molecule has 0 saturated carbocycles. The molecule has 0 aromatic heterocycles. The molecular formula is C15H15FN2O3. The molecule has 110 valence electrons. The Balaban J connectivity index is 2.30. The summed E-state index contributed by atoms with van der Waals surface area (Å²) >= 11 is 0. The summed E-state index contributed by atoms with van der Waals surface area (Å²) in [6.07, 6.45) is 0. The van der Waals surface area contributed by atoms with E-state index in [9.17, 15) is 14.3 Å². The first-order valence-electron chi connectivity index (χ1n) is 6.19. The number of nitrogens with two attached hydrogens (primary N) is 1. The predicted octanol–water partition coefficient (Wildman–Crippen LogP) is 2.18. The summed E-state index contributed by atoms with van der Waals surface area (Å²) in [6.45, 7) is 0. The topological polar surface area (TPSA) is 84.6 Å². The quantitative estimate of drug-likeness (QED) is 0.788. The molecule has 0 saturated heterocycles. The van der Waals surface area contributed by atoms with Crippen LogP contribution in [0.25, 0.3) is 0 Å². The van der Waals surface area contributed by atoms with E-state index in [0.717, 1.165) is 12.1 Å². The number of benzene rings is 2. The highest BCUT2D eigenvalue weighted by Crippen LogP contribution is 2.28. The summed E-state index contributed by atoms with van der Waals surface area (Å²) in [7, 11) is 1.54. The minimum atomic E-state index is -1.05. The van der Waals surface area contributed by atoms with Crippen LogP contribution in [-0.2, 0) is 4.79 Å². The smallest absolute Gasteiger partial charge is 0.244 e. The van der Waals surface area contributed by atoms with Gasteiger partial charge in [-0.3, -0.25) is 4.79 Å². The van der Waals surface area contributed by atoms with Gasteiger partial charge in [-0.05, 0) is 42.5 Å². The van der Waals surface area contributed by atoms with Crippen LogP contribution in [0.1, 0.15) is 11.6 Å². The summed E-state index contributed by atoms with van der Waals surface area (Å²) in [5.41, 5.74) is 6.00. The Kier molecular flexibility index (Phi) is 4.27. The molecule has 0 aliphatic heterocycles. The van der Waals surface area contributed by atoms with Crippen LogP contribution in [0, 0.1) is 5.82 Å². The van der Waals surface area contributed by atoms with Gasteiger partial charge in [0.15, 0.2) is 0 Å². The minimum Gasteiger partial charge on any atom is -0.508 e. The third-order valence-electron chi connectivity index (χ3n) is 2.99. The first kappa shape index (κ1) is 14.6. The van der Waals surface area contributed by atoms with E-state index >= 15 is 0 Å². The fourth-order valence-electron chi connectivity index (χ4n) is 1.91. The molecule has 0 bridgehead atoms. The molecule has 2 aromatic carbocycles. The number of nitrogens with one attached hydrogen (secondary N) is 1. The van der Waals surface area contributed by atoms with Gasteiger partial charge in [0, 0.05) is 11.3 Å². The second-order valence-electron chi connectivity index (χ2n) is 4.41. The van der Waals surface area contributed by atoms with E-state index in [4.69, 9.17) is 10.5 Å². The van der Waals surface area contributed by atoms with Gasteiger partial charge in [-0.2, -0.15) is 0 Å². The number of hydrogen-bond donors (Lipinski definition) is 3. The maximum atomic E-state index is 13.3. The van der Waals surface area contributed by atoms with Crippen molar-refractivity contribution < 1.29 is 19.0 Å². The lowest BCUT2D eigenvalue weighted by Gasteiger charge is -2.18. The number of rotatable bonds is 5. The zero-order chi connectivity index (χ0) is 15.4. The van der Waals surface area contributed by atoms with E-state index < -0.39 is 17.8 Å². The molecule has 2 aromatic rings. The van der Waals surface area contributed by atoms with Crippen LogP contribution in [-0.4, -0.2) is 18.1 Å². The van der Waals surface area contributed by atoms with E-state index in [1.807, 2.05) is 0 Å². The zero-order valence-corrected chi connectivity index (χ0v) is 11.3. The molecule has 0 radical (unpaired) electrons. The monoisotopic (exact) mass is 290 g/mol. The third-order valence-corrected chi connectivity index (χ3v) is 2.99. The lowest BCUT2D eigenvalue weighted by molar-refractivity contribution is -0.118. The Morgan fingerprint density at radius 3 is 2.52 bits per heavy atom. The molecular weight excluding hydrogens is 275 g/mol. The van der Waals surface area contributed by atoms with Crippen LogP contribution in [0.15, 0.2) is 42.5 Å². The number of methoxy groups -OCH3 is 1. The Morgan fingerprint density at radius 1 is 1.29 bits per heavy atom. The van der Waals surface area contributed by atoms with E-state index in [2.05, 4.69) is 5.32 Å². The summed E-state index contributed by atoms with van der Waals surface area (Å²) in [4.78, 5) is 11.6. The molecule has 21 heavy (non-hydrogen) atoms. The SMILES string of the molecule is COc1ccc(NC(C(N)=O)c2cc(F)ccc2O)cc1. The Morgan fingerprint density at radius 2 is 1.95 bits per heavy atom. The van der Waals surface area contributed by atoms with Crippen molar-refractivity contribution >= 4 is 11.6 Å². The normalized spacial score (nSPS) is 11.7. The van der Waals surface area contributed by atoms with Gasteiger partial charge in [0.1, 0.15) is 23.4 Å². The van der Waals surface area contributed by atoms with E-state index in [1.54, 1.807) is 31.4 Å². The largest absolute Gasteiger partial charge is 0.508 e. The zero-order valence-electron chi connectivity index (χ0n) is 11.3. The lowest BCUT2D eigenvalue weighted by Crippen LogP contribution is -2.27. The summed E-state index contributed by atoms with van der Waals surface area (Å²) < 4.78 is 18.3. The Hall–Kier alpha value is -2.76. The van der Waals surface area contributed by atoms with Crippen LogP contribution in [0.3, 0.4) is 0 Å². The number of amides is 1. The molecule has 1 amide bonds. The maximum Gasteiger partial charge on any atom is 0.244 e. The van der Waals surface area contributed by atoms with Crippen molar-refractivity contribution in [1.29, 1.82) is 0 Å². The summed E-state index contributed by atoms with van der Waals surface area (Å²) in [5.74, 6) is -0.844. The van der Waals surface area contributed by atoms with Crippen molar-refractivity contribution in [3.8, 4) is 11.5 Å². The van der Waals surface area contributed by atoms with Crippen LogP contribution < -0.4 is 15.8 Å². The number of anilines is 1. The van der Waals surface area contributed by atoms with Gasteiger partial charge in [0.05, 0.1) is 7.11 Å². The standard InChI is InChI=1S/C15H15FN2O3/c1-21-11-5-3-10(4-6-11)18-14(15(17)20)12-8-9(16)2-7-13(12)19/h2-8,14,18-19H,1H3,(H2,17,20). The number of carbonyl (C=O) groups excluding carboxylic acids is 1. The number of phenols is 1. The van der Waals surface area contributed by atoms with E-state index in [0.29, 0.717) is 11.4 Å². The number of ether oxygens (including phenoxy) is 1. The molecule has 2 rings (SSSR count).